The van der Waals surface area contributed by atoms with Crippen molar-refractivity contribution >= 4 is 17.9 Å². The molecule has 0 aromatic carbocycles. The number of aromatic nitrogens is 3. The monoisotopic (exact) mass is 249 g/mol. The predicted molar refractivity (Wildman–Crippen MR) is 65.6 cm³/mol. The summed E-state index contributed by atoms with van der Waals surface area (Å²) < 4.78 is 1.71. The molecule has 2 aromatic rings. The first-order chi connectivity index (χ1) is 8.11. The number of hydrogen-bond acceptors (Lipinski definition) is 3. The lowest BCUT2D eigenvalue weighted by molar-refractivity contribution is -0.107. The van der Waals surface area contributed by atoms with Gasteiger partial charge in [-0.05, 0) is 26.0 Å². The number of aryl methyl sites for hydroxylation is 2. The van der Waals surface area contributed by atoms with Crippen LogP contribution in [0.5, 0.6) is 0 Å². The number of aldehydes is 1. The van der Waals surface area contributed by atoms with Gasteiger partial charge in [0.25, 0.3) is 0 Å². The molecule has 0 radical (unpaired) electrons. The van der Waals surface area contributed by atoms with Gasteiger partial charge in [-0.1, -0.05) is 17.7 Å². The maximum atomic E-state index is 10.6. The number of nitrogens with zero attached hydrogens (tertiary/aromatic N) is 3. The summed E-state index contributed by atoms with van der Waals surface area (Å²) in [4.78, 5) is 14.9. The van der Waals surface area contributed by atoms with Gasteiger partial charge in [0.15, 0.2) is 5.82 Å². The number of pyridine rings is 1. The molecule has 2 aromatic heterocycles. The summed E-state index contributed by atoms with van der Waals surface area (Å²) in [5.41, 5.74) is 2.68. The van der Waals surface area contributed by atoms with Crippen LogP contribution in [0.4, 0.5) is 0 Å². The number of carbonyl (C=O) groups is 1. The Morgan fingerprint density at radius 1 is 1.41 bits per heavy atom. The molecule has 0 N–H and O–H groups in total. The Morgan fingerprint density at radius 3 is 2.76 bits per heavy atom. The predicted octanol–water partition coefficient (Wildman–Crippen LogP) is 2.28. The van der Waals surface area contributed by atoms with E-state index in [1.165, 1.54) is 0 Å². The SMILES string of the molecule is Cc1cc(C)n(-c2nc(Cl)ccc2CC=O)n1. The van der Waals surface area contributed by atoms with E-state index in [-0.39, 0.29) is 0 Å². The number of hydrogen-bond donors (Lipinski definition) is 0. The fourth-order valence-electron chi connectivity index (χ4n) is 1.73. The van der Waals surface area contributed by atoms with Gasteiger partial charge in [0.05, 0.1) is 5.69 Å². The molecule has 0 spiro atoms. The van der Waals surface area contributed by atoms with Gasteiger partial charge in [0, 0.05) is 17.7 Å². The minimum Gasteiger partial charge on any atom is -0.303 e. The lowest BCUT2D eigenvalue weighted by Gasteiger charge is -2.08. The molecule has 0 atom stereocenters. The zero-order chi connectivity index (χ0) is 12.4. The Labute approximate surface area is 104 Å². The van der Waals surface area contributed by atoms with Crippen LogP contribution in [0.15, 0.2) is 18.2 Å². The first kappa shape index (κ1) is 11.8. The van der Waals surface area contributed by atoms with Crippen LogP contribution >= 0.6 is 11.6 Å². The smallest absolute Gasteiger partial charge is 0.158 e. The quantitative estimate of drug-likeness (QED) is 0.619. The Bertz CT molecular complexity index is 563. The van der Waals surface area contributed by atoms with Crippen LogP contribution in [0.3, 0.4) is 0 Å². The van der Waals surface area contributed by atoms with E-state index >= 15 is 0 Å². The minimum atomic E-state index is 0.303. The molecule has 0 saturated carbocycles. The molecule has 0 aliphatic heterocycles. The third-order valence-corrected chi connectivity index (χ3v) is 2.65. The van der Waals surface area contributed by atoms with Gasteiger partial charge in [0.2, 0.25) is 0 Å². The van der Waals surface area contributed by atoms with Crippen molar-refractivity contribution in [3.8, 4) is 5.82 Å². The molecule has 0 saturated heterocycles. The maximum Gasteiger partial charge on any atom is 0.158 e. The molecule has 4 nitrogen and oxygen atoms in total. The molecule has 0 bridgehead atoms. The van der Waals surface area contributed by atoms with Gasteiger partial charge in [-0.25, -0.2) is 9.67 Å². The van der Waals surface area contributed by atoms with Crippen LogP contribution in [0, 0.1) is 13.8 Å². The lowest BCUT2D eigenvalue weighted by atomic mass is 10.2. The molecular formula is C12H12ClN3O. The summed E-state index contributed by atoms with van der Waals surface area (Å²) in [5.74, 6) is 0.621. The number of rotatable bonds is 3. The Balaban J connectivity index is 2.60. The van der Waals surface area contributed by atoms with E-state index in [9.17, 15) is 4.79 Å². The second-order valence-electron chi connectivity index (χ2n) is 3.83. The van der Waals surface area contributed by atoms with Gasteiger partial charge in [0.1, 0.15) is 11.4 Å². The highest BCUT2D eigenvalue weighted by Gasteiger charge is 2.11. The third-order valence-electron chi connectivity index (χ3n) is 2.44. The van der Waals surface area contributed by atoms with Crippen LogP contribution in [0.1, 0.15) is 17.0 Å². The Hall–Kier alpha value is -1.68. The Kier molecular flexibility index (Phi) is 3.24. The molecule has 0 amide bonds. The van der Waals surface area contributed by atoms with Crippen molar-refractivity contribution in [2.24, 2.45) is 0 Å². The van der Waals surface area contributed by atoms with Crippen molar-refractivity contribution in [3.63, 3.8) is 0 Å². The largest absolute Gasteiger partial charge is 0.303 e. The van der Waals surface area contributed by atoms with Crippen LogP contribution in [0.25, 0.3) is 5.82 Å². The van der Waals surface area contributed by atoms with Crippen molar-refractivity contribution in [2.75, 3.05) is 0 Å². The zero-order valence-electron chi connectivity index (χ0n) is 9.64. The van der Waals surface area contributed by atoms with Gasteiger partial charge in [-0.3, -0.25) is 0 Å². The summed E-state index contributed by atoms with van der Waals surface area (Å²) in [6.45, 7) is 3.85. The normalized spacial score (nSPS) is 10.5. The maximum absolute atomic E-state index is 10.6. The minimum absolute atomic E-state index is 0.303. The van der Waals surface area contributed by atoms with E-state index in [2.05, 4.69) is 10.1 Å². The summed E-state index contributed by atoms with van der Waals surface area (Å²) in [5, 5.41) is 4.74. The first-order valence-corrected chi connectivity index (χ1v) is 5.62. The van der Waals surface area contributed by atoms with Crippen molar-refractivity contribution in [2.45, 2.75) is 20.3 Å². The van der Waals surface area contributed by atoms with Gasteiger partial charge in [-0.2, -0.15) is 5.10 Å². The molecule has 0 unspecified atom stereocenters. The molecule has 5 heteroatoms. The standard InChI is InChI=1S/C12H12ClN3O/c1-8-7-9(2)16(15-8)12-10(5-6-17)3-4-11(13)14-12/h3-4,6-7H,5H2,1-2H3. The summed E-state index contributed by atoms with van der Waals surface area (Å²) >= 11 is 5.89. The lowest BCUT2D eigenvalue weighted by Crippen LogP contribution is -2.07. The first-order valence-electron chi connectivity index (χ1n) is 5.24. The molecule has 2 heterocycles. The second-order valence-corrected chi connectivity index (χ2v) is 4.21. The van der Waals surface area contributed by atoms with Crippen LogP contribution in [0.2, 0.25) is 5.15 Å². The average molecular weight is 250 g/mol. The van der Waals surface area contributed by atoms with E-state index in [1.54, 1.807) is 16.8 Å². The fraction of sp³-hybridized carbons (Fsp3) is 0.250. The summed E-state index contributed by atoms with van der Waals surface area (Å²) in [7, 11) is 0. The molecule has 88 valence electrons. The molecule has 0 fully saturated rings. The third kappa shape index (κ3) is 2.36. The molecule has 0 aliphatic rings. The van der Waals surface area contributed by atoms with Crippen LogP contribution < -0.4 is 0 Å². The van der Waals surface area contributed by atoms with Gasteiger partial charge in [-0.15, -0.1) is 0 Å². The fourth-order valence-corrected chi connectivity index (χ4v) is 1.87. The van der Waals surface area contributed by atoms with Crippen molar-refractivity contribution in [1.29, 1.82) is 0 Å². The van der Waals surface area contributed by atoms with Crippen molar-refractivity contribution in [1.82, 2.24) is 14.8 Å². The Morgan fingerprint density at radius 2 is 2.18 bits per heavy atom. The van der Waals surface area contributed by atoms with E-state index < -0.39 is 0 Å². The molecule has 2 rings (SSSR count). The molecular weight excluding hydrogens is 238 g/mol. The summed E-state index contributed by atoms with van der Waals surface area (Å²) in [6.07, 6.45) is 1.15. The van der Waals surface area contributed by atoms with E-state index in [0.29, 0.717) is 17.4 Å². The highest BCUT2D eigenvalue weighted by atomic mass is 35.5. The number of carbonyl (C=O) groups excluding carboxylic acids is 1. The van der Waals surface area contributed by atoms with E-state index in [4.69, 9.17) is 11.6 Å². The van der Waals surface area contributed by atoms with Gasteiger partial charge < -0.3 is 4.79 Å². The van der Waals surface area contributed by atoms with Crippen LogP contribution in [-0.2, 0) is 11.2 Å². The van der Waals surface area contributed by atoms with Gasteiger partial charge >= 0.3 is 0 Å². The molecule has 17 heavy (non-hydrogen) atoms. The van der Waals surface area contributed by atoms with Crippen molar-refractivity contribution < 1.29 is 4.79 Å². The van der Waals surface area contributed by atoms with E-state index in [1.807, 2.05) is 19.9 Å². The van der Waals surface area contributed by atoms with Crippen LogP contribution in [-0.4, -0.2) is 21.1 Å². The second kappa shape index (κ2) is 4.67. The highest BCUT2D eigenvalue weighted by Crippen LogP contribution is 2.18. The molecule has 0 aliphatic carbocycles. The zero-order valence-corrected chi connectivity index (χ0v) is 10.4. The van der Waals surface area contributed by atoms with E-state index in [0.717, 1.165) is 23.2 Å². The topological polar surface area (TPSA) is 47.8 Å². The summed E-state index contributed by atoms with van der Waals surface area (Å²) in [6, 6.07) is 5.43. The van der Waals surface area contributed by atoms with Crippen molar-refractivity contribution in [3.05, 3.63) is 40.3 Å². The highest BCUT2D eigenvalue weighted by molar-refractivity contribution is 6.29. The average Bonchev–Trinajstić information content (AvgIpc) is 2.61. The number of halogens is 1.